The van der Waals surface area contributed by atoms with Crippen molar-refractivity contribution in [1.29, 1.82) is 0 Å². The zero-order chi connectivity index (χ0) is 14.2. The number of rotatable bonds is 6. The molecule has 0 bridgehead atoms. The third-order valence-corrected chi connectivity index (χ3v) is 3.55. The molecule has 1 aromatic carbocycles. The predicted molar refractivity (Wildman–Crippen MR) is 82.2 cm³/mol. The van der Waals surface area contributed by atoms with E-state index in [0.717, 1.165) is 43.5 Å². The van der Waals surface area contributed by atoms with Crippen molar-refractivity contribution in [2.45, 2.75) is 37.9 Å². The van der Waals surface area contributed by atoms with Crippen molar-refractivity contribution in [3.63, 3.8) is 0 Å². The summed E-state index contributed by atoms with van der Waals surface area (Å²) in [6.45, 7) is 0.775. The van der Waals surface area contributed by atoms with Gasteiger partial charge in [-0.1, -0.05) is 18.2 Å². The summed E-state index contributed by atoms with van der Waals surface area (Å²) in [7, 11) is 0. The maximum Gasteiger partial charge on any atom is 0.199 e. The van der Waals surface area contributed by atoms with Crippen molar-refractivity contribution in [3.8, 4) is 5.75 Å². The molecule has 2 atom stereocenters. The number of carbonyl (C=O) groups is 1. The minimum absolute atomic E-state index is 0.0741. The molecule has 1 aliphatic heterocycles. The quantitative estimate of drug-likeness (QED) is 0.641. The molecule has 1 saturated heterocycles. The fourth-order valence-corrected chi connectivity index (χ4v) is 2.49. The monoisotopic (exact) mass is 292 g/mol. The molecule has 1 unspecified atom stereocenters. The molecule has 0 radical (unpaired) electrons. The lowest BCUT2D eigenvalue weighted by Gasteiger charge is -2.23. The first-order valence-electron chi connectivity index (χ1n) is 6.96. The lowest BCUT2D eigenvalue weighted by Crippen LogP contribution is -2.24. The molecule has 1 fully saturated rings. The Kier molecular flexibility index (Phi) is 6.15. The van der Waals surface area contributed by atoms with Crippen LogP contribution in [0.2, 0.25) is 0 Å². The van der Waals surface area contributed by atoms with Crippen LogP contribution in [0.4, 0.5) is 0 Å². The topological polar surface area (TPSA) is 35.5 Å². The highest BCUT2D eigenvalue weighted by Gasteiger charge is 2.15. The molecule has 4 heteroatoms. The highest BCUT2D eigenvalue weighted by Crippen LogP contribution is 2.25. The van der Waals surface area contributed by atoms with Gasteiger partial charge in [0, 0.05) is 18.8 Å². The van der Waals surface area contributed by atoms with Crippen molar-refractivity contribution in [3.05, 3.63) is 41.3 Å². The van der Waals surface area contributed by atoms with Gasteiger partial charge in [-0.25, -0.2) is 0 Å². The lowest BCUT2D eigenvalue weighted by atomic mass is 9.96. The number of carbonyl (C=O) groups excluding carboxylic acids is 1. The van der Waals surface area contributed by atoms with E-state index in [1.807, 2.05) is 30.3 Å². The Hall–Kier alpha value is -1.26. The Morgan fingerprint density at radius 1 is 1.35 bits per heavy atom. The molecule has 0 aromatic heterocycles. The van der Waals surface area contributed by atoms with Crippen LogP contribution in [0.5, 0.6) is 5.75 Å². The Bertz CT molecular complexity index is 436. The number of benzene rings is 1. The molecule has 1 aromatic rings. The SMILES string of the molecule is O=CC[C@@H](/C=C/S)c1ccc(OC2CCCCO2)cc1. The van der Waals surface area contributed by atoms with E-state index in [-0.39, 0.29) is 12.2 Å². The summed E-state index contributed by atoms with van der Waals surface area (Å²) in [4.78, 5) is 10.7. The fraction of sp³-hybridized carbons (Fsp3) is 0.438. The third-order valence-electron chi connectivity index (χ3n) is 3.38. The van der Waals surface area contributed by atoms with E-state index in [1.54, 1.807) is 5.41 Å². The van der Waals surface area contributed by atoms with Crippen molar-refractivity contribution in [2.24, 2.45) is 0 Å². The molecule has 0 saturated carbocycles. The smallest absolute Gasteiger partial charge is 0.199 e. The van der Waals surface area contributed by atoms with Gasteiger partial charge in [0.25, 0.3) is 0 Å². The minimum atomic E-state index is -0.127. The van der Waals surface area contributed by atoms with Gasteiger partial charge in [0.2, 0.25) is 0 Å². The lowest BCUT2D eigenvalue weighted by molar-refractivity contribution is -0.108. The first-order valence-corrected chi connectivity index (χ1v) is 7.48. The molecule has 1 aliphatic rings. The van der Waals surface area contributed by atoms with Gasteiger partial charge >= 0.3 is 0 Å². The molecule has 0 N–H and O–H groups in total. The second-order valence-electron chi connectivity index (χ2n) is 4.83. The largest absolute Gasteiger partial charge is 0.465 e. The molecular weight excluding hydrogens is 272 g/mol. The van der Waals surface area contributed by atoms with Crippen LogP contribution in [-0.2, 0) is 9.53 Å². The fourth-order valence-electron chi connectivity index (χ4n) is 2.28. The molecule has 0 aliphatic carbocycles. The molecule has 0 spiro atoms. The normalized spacial score (nSPS) is 20.8. The van der Waals surface area contributed by atoms with Crippen LogP contribution in [0.1, 0.15) is 37.2 Å². The van der Waals surface area contributed by atoms with Crippen LogP contribution in [-0.4, -0.2) is 19.2 Å². The molecule has 3 nitrogen and oxygen atoms in total. The second kappa shape index (κ2) is 8.12. The summed E-state index contributed by atoms with van der Waals surface area (Å²) in [6, 6.07) is 7.83. The van der Waals surface area contributed by atoms with Crippen molar-refractivity contribution >= 4 is 18.9 Å². The van der Waals surface area contributed by atoms with Crippen molar-refractivity contribution in [1.82, 2.24) is 0 Å². The molecule has 0 amide bonds. The van der Waals surface area contributed by atoms with Crippen molar-refractivity contribution < 1.29 is 14.3 Å². The van der Waals surface area contributed by atoms with E-state index in [4.69, 9.17) is 9.47 Å². The first kappa shape index (κ1) is 15.1. The van der Waals surface area contributed by atoms with E-state index >= 15 is 0 Å². The highest BCUT2D eigenvalue weighted by atomic mass is 32.1. The number of allylic oxidation sites excluding steroid dienone is 1. The van der Waals surface area contributed by atoms with Gasteiger partial charge in [-0.2, -0.15) is 12.6 Å². The van der Waals surface area contributed by atoms with E-state index in [2.05, 4.69) is 12.6 Å². The molecule has 108 valence electrons. The standard InChI is InChI=1S/C16H20O3S/c17-10-8-14(9-12-20)13-4-6-15(7-5-13)19-16-3-1-2-11-18-16/h4-7,9-10,12,14,16,20H,1-3,8,11H2/b12-9+/t14-,16?/m0/s1. The Morgan fingerprint density at radius 3 is 2.75 bits per heavy atom. The molecular formula is C16H20O3S. The van der Waals surface area contributed by atoms with Gasteiger partial charge in [-0.15, -0.1) is 0 Å². The summed E-state index contributed by atoms with van der Waals surface area (Å²) in [6.07, 6.45) is 6.38. The van der Waals surface area contributed by atoms with Gasteiger partial charge in [0.15, 0.2) is 6.29 Å². The Balaban J connectivity index is 1.98. The van der Waals surface area contributed by atoms with E-state index in [9.17, 15) is 4.79 Å². The van der Waals surface area contributed by atoms with Crippen LogP contribution >= 0.6 is 12.6 Å². The predicted octanol–water partition coefficient (Wildman–Crippen LogP) is 3.71. The van der Waals surface area contributed by atoms with Gasteiger partial charge in [0.05, 0.1) is 6.61 Å². The second-order valence-corrected chi connectivity index (χ2v) is 5.13. The minimum Gasteiger partial charge on any atom is -0.465 e. The van der Waals surface area contributed by atoms with Crippen LogP contribution in [0.3, 0.4) is 0 Å². The van der Waals surface area contributed by atoms with Gasteiger partial charge in [0.1, 0.15) is 12.0 Å². The van der Waals surface area contributed by atoms with E-state index in [0.29, 0.717) is 6.42 Å². The highest BCUT2D eigenvalue weighted by molar-refractivity contribution is 7.83. The summed E-state index contributed by atoms with van der Waals surface area (Å²) in [5.41, 5.74) is 1.08. The number of ether oxygens (including phenoxy) is 2. The maximum absolute atomic E-state index is 10.7. The summed E-state index contributed by atoms with van der Waals surface area (Å²) in [5, 5.41) is 1.68. The van der Waals surface area contributed by atoms with Gasteiger partial charge in [-0.3, -0.25) is 0 Å². The number of thiol groups is 1. The zero-order valence-corrected chi connectivity index (χ0v) is 12.3. The van der Waals surface area contributed by atoms with Crippen LogP contribution in [0.15, 0.2) is 35.7 Å². The van der Waals surface area contributed by atoms with Crippen molar-refractivity contribution in [2.75, 3.05) is 6.61 Å². The zero-order valence-electron chi connectivity index (χ0n) is 11.4. The molecule has 1 heterocycles. The summed E-state index contributed by atoms with van der Waals surface area (Å²) < 4.78 is 11.3. The van der Waals surface area contributed by atoms with Gasteiger partial charge in [-0.05, 0) is 35.9 Å². The third kappa shape index (κ3) is 4.39. The van der Waals surface area contributed by atoms with Gasteiger partial charge < -0.3 is 14.3 Å². The molecule has 20 heavy (non-hydrogen) atoms. The number of hydrogen-bond donors (Lipinski definition) is 1. The summed E-state index contributed by atoms with van der Waals surface area (Å²) in [5.74, 6) is 0.880. The van der Waals surface area contributed by atoms with E-state index < -0.39 is 0 Å². The first-order chi connectivity index (χ1) is 9.83. The average molecular weight is 292 g/mol. The van der Waals surface area contributed by atoms with Crippen LogP contribution in [0.25, 0.3) is 0 Å². The summed E-state index contributed by atoms with van der Waals surface area (Å²) >= 11 is 4.07. The molecule has 2 rings (SSSR count). The maximum atomic E-state index is 10.7. The van der Waals surface area contributed by atoms with Crippen LogP contribution in [0, 0.1) is 0 Å². The number of hydrogen-bond acceptors (Lipinski definition) is 4. The van der Waals surface area contributed by atoms with Crippen LogP contribution < -0.4 is 4.74 Å². The Labute approximate surface area is 125 Å². The average Bonchev–Trinajstić information content (AvgIpc) is 2.49. The number of aldehydes is 1. The Morgan fingerprint density at radius 2 is 2.15 bits per heavy atom. The van der Waals surface area contributed by atoms with E-state index in [1.165, 1.54) is 0 Å².